The lowest BCUT2D eigenvalue weighted by molar-refractivity contribution is 0.144. The Morgan fingerprint density at radius 2 is 2.38 bits per heavy atom. The highest BCUT2D eigenvalue weighted by Crippen LogP contribution is 2.29. The number of hydrogen-bond acceptors (Lipinski definition) is 4. The van der Waals surface area contributed by atoms with Crippen molar-refractivity contribution in [2.75, 3.05) is 37.4 Å². The first-order valence-corrected chi connectivity index (χ1v) is 5.66. The van der Waals surface area contributed by atoms with Crippen LogP contribution < -0.4 is 10.6 Å². The summed E-state index contributed by atoms with van der Waals surface area (Å²) in [6, 6.07) is 3.77. The van der Waals surface area contributed by atoms with E-state index in [9.17, 15) is 0 Å². The van der Waals surface area contributed by atoms with Gasteiger partial charge in [-0.1, -0.05) is 6.92 Å². The van der Waals surface area contributed by atoms with Crippen molar-refractivity contribution in [2.45, 2.75) is 6.92 Å². The summed E-state index contributed by atoms with van der Waals surface area (Å²) >= 11 is 0. The van der Waals surface area contributed by atoms with Crippen LogP contribution in [-0.4, -0.2) is 31.8 Å². The number of nitrogens with zero attached hydrogens (tertiary/aromatic N) is 2. The molecule has 2 atom stereocenters. The van der Waals surface area contributed by atoms with E-state index >= 15 is 0 Å². The van der Waals surface area contributed by atoms with Crippen LogP contribution in [0.2, 0.25) is 0 Å². The van der Waals surface area contributed by atoms with Gasteiger partial charge in [0.25, 0.3) is 0 Å². The molecule has 4 heteroatoms. The zero-order chi connectivity index (χ0) is 11.5. The molecule has 1 saturated heterocycles. The average molecular weight is 221 g/mol. The number of pyridine rings is 1. The number of methoxy groups -OCH3 is 1. The molecule has 2 N–H and O–H groups in total. The third-order valence-electron chi connectivity index (χ3n) is 3.27. The van der Waals surface area contributed by atoms with Gasteiger partial charge in [-0.2, -0.15) is 0 Å². The van der Waals surface area contributed by atoms with Crippen LogP contribution >= 0.6 is 0 Å². The van der Waals surface area contributed by atoms with Gasteiger partial charge in [0.1, 0.15) is 0 Å². The third-order valence-corrected chi connectivity index (χ3v) is 3.27. The standard InChI is InChI=1S/C12H19N3O/c1-9-6-15(7-10(9)8-16-2)12-11(13)4-3-5-14-12/h3-5,9-10H,6-8,13H2,1-2H3/t9-,10-/m0/s1. The first-order chi connectivity index (χ1) is 7.72. The maximum atomic E-state index is 5.93. The van der Waals surface area contributed by atoms with Crippen LogP contribution in [0.15, 0.2) is 18.3 Å². The van der Waals surface area contributed by atoms with Crippen molar-refractivity contribution in [2.24, 2.45) is 11.8 Å². The number of anilines is 2. The van der Waals surface area contributed by atoms with Crippen molar-refractivity contribution in [3.8, 4) is 0 Å². The first-order valence-electron chi connectivity index (χ1n) is 5.66. The molecule has 1 aromatic heterocycles. The van der Waals surface area contributed by atoms with Crippen LogP contribution in [0.4, 0.5) is 11.5 Å². The van der Waals surface area contributed by atoms with E-state index in [0.717, 1.165) is 31.2 Å². The number of ether oxygens (including phenoxy) is 1. The summed E-state index contributed by atoms with van der Waals surface area (Å²) in [6.45, 7) is 5.05. The molecule has 0 aliphatic carbocycles. The van der Waals surface area contributed by atoms with E-state index in [1.807, 2.05) is 12.1 Å². The average Bonchev–Trinajstić information content (AvgIpc) is 2.61. The Hall–Kier alpha value is -1.29. The van der Waals surface area contributed by atoms with Gasteiger partial charge in [0.05, 0.1) is 12.3 Å². The molecule has 4 nitrogen and oxygen atoms in total. The minimum atomic E-state index is 0.575. The van der Waals surface area contributed by atoms with Crippen molar-refractivity contribution in [3.63, 3.8) is 0 Å². The largest absolute Gasteiger partial charge is 0.396 e. The highest BCUT2D eigenvalue weighted by molar-refractivity contribution is 5.62. The number of aromatic nitrogens is 1. The Morgan fingerprint density at radius 3 is 3.06 bits per heavy atom. The van der Waals surface area contributed by atoms with Gasteiger partial charge in [-0.05, 0) is 18.1 Å². The van der Waals surface area contributed by atoms with Gasteiger partial charge in [0.2, 0.25) is 0 Å². The van der Waals surface area contributed by atoms with Gasteiger partial charge in [-0.25, -0.2) is 4.98 Å². The molecule has 0 unspecified atom stereocenters. The van der Waals surface area contributed by atoms with Crippen LogP contribution in [0.25, 0.3) is 0 Å². The maximum Gasteiger partial charge on any atom is 0.151 e. The summed E-state index contributed by atoms with van der Waals surface area (Å²) in [7, 11) is 1.75. The van der Waals surface area contributed by atoms with E-state index in [-0.39, 0.29) is 0 Å². The van der Waals surface area contributed by atoms with E-state index in [2.05, 4.69) is 16.8 Å². The van der Waals surface area contributed by atoms with Crippen LogP contribution in [0.3, 0.4) is 0 Å². The summed E-state index contributed by atoms with van der Waals surface area (Å²) < 4.78 is 5.23. The fourth-order valence-corrected chi connectivity index (χ4v) is 2.31. The van der Waals surface area contributed by atoms with Gasteiger partial charge in [0.15, 0.2) is 5.82 Å². The summed E-state index contributed by atoms with van der Waals surface area (Å²) in [5, 5.41) is 0. The second-order valence-electron chi connectivity index (χ2n) is 4.51. The third kappa shape index (κ3) is 2.11. The van der Waals surface area contributed by atoms with E-state index < -0.39 is 0 Å². The predicted molar refractivity (Wildman–Crippen MR) is 65.4 cm³/mol. The fourth-order valence-electron chi connectivity index (χ4n) is 2.31. The lowest BCUT2D eigenvalue weighted by Crippen LogP contribution is -2.23. The molecule has 1 aliphatic rings. The molecule has 1 aromatic rings. The van der Waals surface area contributed by atoms with E-state index in [1.54, 1.807) is 13.3 Å². The second kappa shape index (κ2) is 4.70. The van der Waals surface area contributed by atoms with Crippen LogP contribution in [-0.2, 0) is 4.74 Å². The second-order valence-corrected chi connectivity index (χ2v) is 4.51. The normalized spacial score (nSPS) is 25.0. The van der Waals surface area contributed by atoms with Gasteiger partial charge >= 0.3 is 0 Å². The van der Waals surface area contributed by atoms with E-state index in [4.69, 9.17) is 10.5 Å². The molecule has 0 radical (unpaired) electrons. The Labute approximate surface area is 96.4 Å². The number of rotatable bonds is 3. The summed E-state index contributed by atoms with van der Waals surface area (Å²) in [5.74, 6) is 2.11. The zero-order valence-corrected chi connectivity index (χ0v) is 9.89. The Bertz CT molecular complexity index is 356. The minimum Gasteiger partial charge on any atom is -0.396 e. The van der Waals surface area contributed by atoms with Gasteiger partial charge in [-0.15, -0.1) is 0 Å². The first kappa shape index (κ1) is 11.2. The van der Waals surface area contributed by atoms with E-state index in [1.165, 1.54) is 0 Å². The quantitative estimate of drug-likeness (QED) is 0.838. The SMILES string of the molecule is COC[C@@H]1CN(c2ncccc2N)C[C@@H]1C. The monoisotopic (exact) mass is 221 g/mol. The molecule has 0 spiro atoms. The minimum absolute atomic E-state index is 0.575. The Balaban J connectivity index is 2.11. The maximum absolute atomic E-state index is 5.93. The summed E-state index contributed by atoms with van der Waals surface area (Å²) in [6.07, 6.45) is 1.79. The molecule has 0 aromatic carbocycles. The Kier molecular flexibility index (Phi) is 3.29. The molecule has 1 fully saturated rings. The van der Waals surface area contributed by atoms with Crippen LogP contribution in [0, 0.1) is 11.8 Å². The fraction of sp³-hybridized carbons (Fsp3) is 0.583. The summed E-state index contributed by atoms with van der Waals surface area (Å²) in [4.78, 5) is 6.60. The lowest BCUT2D eigenvalue weighted by Gasteiger charge is -2.18. The smallest absolute Gasteiger partial charge is 0.151 e. The van der Waals surface area contributed by atoms with Gasteiger partial charge in [0, 0.05) is 32.3 Å². The predicted octanol–water partition coefficient (Wildman–Crippen LogP) is 1.38. The molecule has 2 heterocycles. The zero-order valence-electron chi connectivity index (χ0n) is 9.89. The molecule has 16 heavy (non-hydrogen) atoms. The van der Waals surface area contributed by atoms with Crippen molar-refractivity contribution in [1.82, 2.24) is 4.98 Å². The molecule has 88 valence electrons. The van der Waals surface area contributed by atoms with Crippen LogP contribution in [0.5, 0.6) is 0 Å². The van der Waals surface area contributed by atoms with Crippen LogP contribution in [0.1, 0.15) is 6.92 Å². The van der Waals surface area contributed by atoms with Gasteiger partial charge in [-0.3, -0.25) is 0 Å². The molecule has 0 amide bonds. The molecular formula is C12H19N3O. The van der Waals surface area contributed by atoms with E-state index in [0.29, 0.717) is 11.8 Å². The van der Waals surface area contributed by atoms with Gasteiger partial charge < -0.3 is 15.4 Å². The molecule has 0 saturated carbocycles. The topological polar surface area (TPSA) is 51.4 Å². The van der Waals surface area contributed by atoms with Crippen molar-refractivity contribution in [3.05, 3.63) is 18.3 Å². The van der Waals surface area contributed by atoms with Crippen molar-refractivity contribution >= 4 is 11.5 Å². The molecule has 2 rings (SSSR count). The molecule has 0 bridgehead atoms. The number of nitrogen functional groups attached to an aromatic ring is 1. The summed E-state index contributed by atoms with van der Waals surface area (Å²) in [5.41, 5.74) is 6.69. The number of hydrogen-bond donors (Lipinski definition) is 1. The van der Waals surface area contributed by atoms with Crippen molar-refractivity contribution in [1.29, 1.82) is 0 Å². The van der Waals surface area contributed by atoms with Crippen molar-refractivity contribution < 1.29 is 4.74 Å². The lowest BCUT2D eigenvalue weighted by atomic mass is 10.00. The number of nitrogens with two attached hydrogens (primary N) is 1. The highest BCUT2D eigenvalue weighted by Gasteiger charge is 2.30. The Morgan fingerprint density at radius 1 is 1.56 bits per heavy atom. The molecular weight excluding hydrogens is 202 g/mol. The highest BCUT2D eigenvalue weighted by atomic mass is 16.5. The molecule has 1 aliphatic heterocycles.